The maximum Gasteiger partial charge on any atom is 0.472 e. The predicted octanol–water partition coefficient (Wildman–Crippen LogP) is 10.4. The van der Waals surface area contributed by atoms with Crippen LogP contribution in [0.2, 0.25) is 0 Å². The standard InChI is InChI=1S/C44H81O11P/c1-4-5-25-31-40(46)32-27-22-18-14-12-16-19-23-28-33-43(48)52-37-42(38-54-56(50,51)53-36-41(47)35-45)55-44(49)34-29-24-20-15-11-9-7-6-8-10-13-17-21-26-30-39(2)3/h5,18,22,25,27,32,39-42,45-47H,4,6-17,19-21,23-24,26,28-31,33-38H2,1-3H3,(H,50,51)/b22-18+,25-5+,32-27+/t40?,41-,42+/m0/s1. The quantitative estimate of drug-likeness (QED) is 0.0153. The van der Waals surface area contributed by atoms with Crippen LogP contribution in [-0.4, -0.2) is 76.9 Å². The Morgan fingerprint density at radius 3 is 1.71 bits per heavy atom. The molecule has 0 aliphatic rings. The van der Waals surface area contributed by atoms with E-state index in [4.69, 9.17) is 19.1 Å². The Balaban J connectivity index is 4.33. The summed E-state index contributed by atoms with van der Waals surface area (Å²) in [6.45, 7) is 4.47. The first-order valence-corrected chi connectivity index (χ1v) is 23.4. The van der Waals surface area contributed by atoms with Crippen molar-refractivity contribution in [3.8, 4) is 0 Å². The summed E-state index contributed by atoms with van der Waals surface area (Å²) in [6, 6.07) is 0. The van der Waals surface area contributed by atoms with Gasteiger partial charge in [0.15, 0.2) is 6.10 Å². The monoisotopic (exact) mass is 817 g/mol. The van der Waals surface area contributed by atoms with Crippen molar-refractivity contribution < 1.29 is 52.9 Å². The summed E-state index contributed by atoms with van der Waals surface area (Å²) in [6.07, 6.45) is 34.4. The number of phosphoric ester groups is 1. The molecule has 0 saturated carbocycles. The first-order valence-electron chi connectivity index (χ1n) is 21.9. The van der Waals surface area contributed by atoms with Gasteiger partial charge in [-0.25, -0.2) is 4.57 Å². The van der Waals surface area contributed by atoms with E-state index in [2.05, 4.69) is 31.4 Å². The van der Waals surface area contributed by atoms with Crippen molar-refractivity contribution in [1.82, 2.24) is 0 Å². The highest BCUT2D eigenvalue weighted by Crippen LogP contribution is 2.43. The molecule has 0 amide bonds. The predicted molar refractivity (Wildman–Crippen MR) is 225 cm³/mol. The number of rotatable bonds is 40. The summed E-state index contributed by atoms with van der Waals surface area (Å²) in [4.78, 5) is 35.0. The summed E-state index contributed by atoms with van der Waals surface area (Å²) in [5, 5.41) is 28.2. The number of unbranched alkanes of at least 4 members (excludes halogenated alkanes) is 18. The van der Waals surface area contributed by atoms with Crippen LogP contribution in [0.3, 0.4) is 0 Å². The largest absolute Gasteiger partial charge is 0.472 e. The SMILES string of the molecule is CC/C=C/CC(O)/C=C/C=C/CCCCCCCC(=O)OC[C@H](COP(=O)(O)OC[C@@H](O)CO)OC(=O)CCCCCCCCCCCCCCCCC(C)C. The number of hydrogen-bond acceptors (Lipinski definition) is 10. The van der Waals surface area contributed by atoms with Crippen LogP contribution in [-0.2, 0) is 32.7 Å². The van der Waals surface area contributed by atoms with E-state index in [9.17, 15) is 29.3 Å². The number of allylic oxidation sites excluding steroid dienone is 4. The molecule has 0 aromatic carbocycles. The van der Waals surface area contributed by atoms with E-state index >= 15 is 0 Å². The number of aliphatic hydroxyl groups is 3. The number of phosphoric acid groups is 1. The van der Waals surface area contributed by atoms with Gasteiger partial charge in [0, 0.05) is 12.8 Å². The molecule has 0 fully saturated rings. The Kier molecular flexibility index (Phi) is 37.4. The van der Waals surface area contributed by atoms with Crippen LogP contribution in [0.4, 0.5) is 0 Å². The summed E-state index contributed by atoms with van der Waals surface area (Å²) in [7, 11) is -4.63. The van der Waals surface area contributed by atoms with E-state index in [1.165, 1.54) is 70.6 Å². The fourth-order valence-corrected chi connectivity index (χ4v) is 6.71. The lowest BCUT2D eigenvalue weighted by atomic mass is 10.0. The third kappa shape index (κ3) is 39.0. The molecule has 0 aliphatic carbocycles. The zero-order valence-corrected chi connectivity index (χ0v) is 36.3. The highest BCUT2D eigenvalue weighted by molar-refractivity contribution is 7.47. The maximum absolute atomic E-state index is 12.6. The van der Waals surface area contributed by atoms with Crippen LogP contribution < -0.4 is 0 Å². The minimum absolute atomic E-state index is 0.171. The van der Waals surface area contributed by atoms with Crippen molar-refractivity contribution in [1.29, 1.82) is 0 Å². The van der Waals surface area contributed by atoms with E-state index in [0.717, 1.165) is 63.7 Å². The molecule has 0 bridgehead atoms. The van der Waals surface area contributed by atoms with Gasteiger partial charge in [-0.1, -0.05) is 166 Å². The van der Waals surface area contributed by atoms with Crippen molar-refractivity contribution in [3.05, 3.63) is 36.5 Å². The smallest absolute Gasteiger partial charge is 0.462 e. The lowest BCUT2D eigenvalue weighted by Crippen LogP contribution is -2.29. The minimum atomic E-state index is -4.63. The zero-order chi connectivity index (χ0) is 41.5. The molecular weight excluding hydrogens is 735 g/mol. The summed E-state index contributed by atoms with van der Waals surface area (Å²) >= 11 is 0. The summed E-state index contributed by atoms with van der Waals surface area (Å²) in [5.41, 5.74) is 0. The van der Waals surface area contributed by atoms with E-state index in [-0.39, 0.29) is 19.4 Å². The molecular formula is C44H81O11P. The normalized spacial score (nSPS) is 14.9. The fourth-order valence-electron chi connectivity index (χ4n) is 5.92. The molecule has 0 saturated heterocycles. The Bertz CT molecular complexity index is 1060. The molecule has 4 N–H and O–H groups in total. The average Bonchev–Trinajstić information content (AvgIpc) is 3.16. The van der Waals surface area contributed by atoms with Crippen LogP contribution in [0.25, 0.3) is 0 Å². The number of carbonyl (C=O) groups is 2. The van der Waals surface area contributed by atoms with Gasteiger partial charge in [0.05, 0.1) is 25.9 Å². The minimum Gasteiger partial charge on any atom is -0.462 e. The van der Waals surface area contributed by atoms with Crippen LogP contribution >= 0.6 is 7.82 Å². The van der Waals surface area contributed by atoms with Gasteiger partial charge < -0.3 is 29.7 Å². The maximum atomic E-state index is 12.6. The average molecular weight is 817 g/mol. The van der Waals surface area contributed by atoms with Crippen molar-refractivity contribution in [2.75, 3.05) is 26.4 Å². The van der Waals surface area contributed by atoms with Gasteiger partial charge in [-0.3, -0.25) is 18.6 Å². The second kappa shape index (κ2) is 38.7. The molecule has 0 aromatic rings. The van der Waals surface area contributed by atoms with Gasteiger partial charge in [-0.2, -0.15) is 0 Å². The molecule has 328 valence electrons. The molecule has 0 radical (unpaired) electrons. The Morgan fingerprint density at radius 2 is 1.16 bits per heavy atom. The number of aliphatic hydroxyl groups excluding tert-OH is 3. The molecule has 11 nitrogen and oxygen atoms in total. The molecule has 0 aromatic heterocycles. The highest BCUT2D eigenvalue weighted by atomic mass is 31.2. The third-order valence-electron chi connectivity index (χ3n) is 9.32. The Morgan fingerprint density at radius 1 is 0.643 bits per heavy atom. The van der Waals surface area contributed by atoms with Crippen LogP contribution in [0.5, 0.6) is 0 Å². The van der Waals surface area contributed by atoms with Gasteiger partial charge in [0.2, 0.25) is 0 Å². The fraction of sp³-hybridized carbons (Fsp3) is 0.818. The van der Waals surface area contributed by atoms with Crippen LogP contribution in [0.1, 0.15) is 181 Å². The molecule has 12 heteroatoms. The lowest BCUT2D eigenvalue weighted by molar-refractivity contribution is -0.161. The lowest BCUT2D eigenvalue weighted by Gasteiger charge is -2.20. The second-order valence-electron chi connectivity index (χ2n) is 15.4. The third-order valence-corrected chi connectivity index (χ3v) is 10.3. The van der Waals surface area contributed by atoms with Gasteiger partial charge in [0.1, 0.15) is 12.7 Å². The molecule has 0 aliphatic heterocycles. The second-order valence-corrected chi connectivity index (χ2v) is 16.8. The molecule has 4 atom stereocenters. The van der Waals surface area contributed by atoms with E-state index < -0.39 is 57.9 Å². The van der Waals surface area contributed by atoms with Crippen molar-refractivity contribution in [2.24, 2.45) is 5.92 Å². The van der Waals surface area contributed by atoms with Crippen molar-refractivity contribution >= 4 is 19.8 Å². The van der Waals surface area contributed by atoms with Gasteiger partial charge >= 0.3 is 19.8 Å². The zero-order valence-electron chi connectivity index (χ0n) is 35.4. The Labute approximate surface area is 340 Å². The van der Waals surface area contributed by atoms with Crippen molar-refractivity contribution in [3.63, 3.8) is 0 Å². The first kappa shape index (κ1) is 54.2. The van der Waals surface area contributed by atoms with E-state index in [0.29, 0.717) is 19.3 Å². The topological polar surface area (TPSA) is 169 Å². The Hall–Kier alpha value is -1.85. The molecule has 0 heterocycles. The molecule has 0 spiro atoms. The van der Waals surface area contributed by atoms with Gasteiger partial charge in [-0.15, -0.1) is 0 Å². The van der Waals surface area contributed by atoms with E-state index in [1.54, 1.807) is 6.08 Å². The molecule has 2 unspecified atom stereocenters. The summed E-state index contributed by atoms with van der Waals surface area (Å²) in [5.74, 6) is -0.158. The first-order chi connectivity index (χ1) is 27.0. The van der Waals surface area contributed by atoms with Gasteiger partial charge in [0.25, 0.3) is 0 Å². The number of esters is 2. The number of hydrogen-bond donors (Lipinski definition) is 4. The number of ether oxygens (including phenoxy) is 2. The number of carbonyl (C=O) groups excluding carboxylic acids is 2. The van der Waals surface area contributed by atoms with Gasteiger partial charge in [-0.05, 0) is 44.4 Å². The van der Waals surface area contributed by atoms with Crippen LogP contribution in [0, 0.1) is 5.92 Å². The van der Waals surface area contributed by atoms with E-state index in [1.807, 2.05) is 24.3 Å². The van der Waals surface area contributed by atoms with Crippen molar-refractivity contribution in [2.45, 2.75) is 200 Å². The van der Waals surface area contributed by atoms with Crippen LogP contribution in [0.15, 0.2) is 36.5 Å². The molecule has 56 heavy (non-hydrogen) atoms. The summed E-state index contributed by atoms with van der Waals surface area (Å²) < 4.78 is 32.7. The molecule has 0 rings (SSSR count). The highest BCUT2D eigenvalue weighted by Gasteiger charge is 2.27.